The van der Waals surface area contributed by atoms with Crippen LogP contribution in [0.2, 0.25) is 0 Å². The number of methoxy groups -OCH3 is 1. The van der Waals surface area contributed by atoms with Gasteiger partial charge in [-0.25, -0.2) is 4.79 Å². The number of hydrogen-bond donors (Lipinski definition) is 3. The van der Waals surface area contributed by atoms with Gasteiger partial charge in [0.05, 0.1) is 12.4 Å². The molecule has 0 aliphatic rings. The van der Waals surface area contributed by atoms with Gasteiger partial charge < -0.3 is 15.4 Å². The van der Waals surface area contributed by atoms with Gasteiger partial charge in [-0.2, -0.15) is 0 Å². The molecular weight excluding hydrogens is 362 g/mol. The van der Waals surface area contributed by atoms with E-state index in [0.29, 0.717) is 16.0 Å². The Morgan fingerprint density at radius 1 is 1.28 bits per heavy atom. The zero-order valence-corrected chi connectivity index (χ0v) is 15.7. The molecule has 0 aliphatic heterocycles. The van der Waals surface area contributed by atoms with E-state index in [1.54, 1.807) is 21.0 Å². The molecule has 0 saturated carbocycles. The summed E-state index contributed by atoms with van der Waals surface area (Å²) in [6.45, 7) is 3.94. The van der Waals surface area contributed by atoms with E-state index < -0.39 is 11.3 Å². The van der Waals surface area contributed by atoms with Gasteiger partial charge in [0.1, 0.15) is 5.75 Å². The van der Waals surface area contributed by atoms with Crippen LogP contribution in [0.25, 0.3) is 0 Å². The topological polar surface area (TPSA) is 105 Å². The number of nitrogens with zero attached hydrogens (tertiary/aromatic N) is 2. The van der Waals surface area contributed by atoms with E-state index in [9.17, 15) is 9.59 Å². The maximum atomic E-state index is 11.9. The lowest BCUT2D eigenvalue weighted by atomic mass is 10.3. The summed E-state index contributed by atoms with van der Waals surface area (Å²) in [7, 11) is 1.61. The first-order valence-corrected chi connectivity index (χ1v) is 9.21. The number of anilines is 2. The van der Waals surface area contributed by atoms with Crippen LogP contribution >= 0.6 is 23.1 Å². The number of carbonyl (C=O) groups is 2. The summed E-state index contributed by atoms with van der Waals surface area (Å²) in [5, 5.41) is 16.2. The first-order chi connectivity index (χ1) is 12.0. The maximum absolute atomic E-state index is 11.9. The second kappa shape index (κ2) is 9.23. The number of hydrogen-bond acceptors (Lipinski definition) is 8. The third-order valence-electron chi connectivity index (χ3n) is 2.97. The third-order valence-corrected chi connectivity index (χ3v) is 4.99. The van der Waals surface area contributed by atoms with E-state index in [-0.39, 0.29) is 5.91 Å². The molecule has 0 spiro atoms. The van der Waals surface area contributed by atoms with E-state index in [1.165, 1.54) is 23.1 Å². The molecule has 10 heteroatoms. The van der Waals surface area contributed by atoms with Crippen LogP contribution in [0.4, 0.5) is 15.6 Å². The lowest BCUT2D eigenvalue weighted by molar-refractivity contribution is -0.119. The highest BCUT2D eigenvalue weighted by molar-refractivity contribution is 8.02. The van der Waals surface area contributed by atoms with Crippen LogP contribution < -0.4 is 20.7 Å². The van der Waals surface area contributed by atoms with Crippen molar-refractivity contribution in [1.82, 2.24) is 20.8 Å². The average molecular weight is 381 g/mol. The molecule has 1 aromatic carbocycles. The third kappa shape index (κ3) is 5.91. The Bertz CT molecular complexity index is 720. The van der Waals surface area contributed by atoms with Crippen LogP contribution in [0.3, 0.4) is 0 Å². The molecule has 2 rings (SSSR count). The summed E-state index contributed by atoms with van der Waals surface area (Å²) in [6.07, 6.45) is 0. The Morgan fingerprint density at radius 3 is 2.64 bits per heavy atom. The molecule has 0 unspecified atom stereocenters. The second-order valence-electron chi connectivity index (χ2n) is 4.84. The van der Waals surface area contributed by atoms with Gasteiger partial charge in [0.25, 0.3) is 0 Å². The van der Waals surface area contributed by atoms with E-state index in [2.05, 4.69) is 26.1 Å². The molecule has 0 saturated heterocycles. The van der Waals surface area contributed by atoms with Gasteiger partial charge in [-0.15, -0.1) is 10.2 Å². The van der Waals surface area contributed by atoms with Gasteiger partial charge in [-0.3, -0.25) is 10.1 Å². The predicted octanol–water partition coefficient (Wildman–Crippen LogP) is 2.62. The lowest BCUT2D eigenvalue weighted by Crippen LogP contribution is -2.42. The average Bonchev–Trinajstić information content (AvgIpc) is 3.02. The van der Waals surface area contributed by atoms with Crippen molar-refractivity contribution in [2.75, 3.05) is 19.0 Å². The number of carbonyl (C=O) groups excluding carboxylic acids is 2. The van der Waals surface area contributed by atoms with E-state index in [1.807, 2.05) is 24.3 Å². The predicted molar refractivity (Wildman–Crippen MR) is 98.7 cm³/mol. The van der Waals surface area contributed by atoms with Gasteiger partial charge in [-0.1, -0.05) is 23.1 Å². The standard InChI is InChI=1S/C15H19N5O3S2/c1-4-16-13(22)18-12(21)9(2)24-15-20-19-14(25-15)17-10-5-7-11(23-3)8-6-10/h5-9H,4H2,1-3H3,(H,17,19)(H2,16,18,21,22)/t9-/m1/s1. The minimum atomic E-state index is -0.501. The molecule has 8 nitrogen and oxygen atoms in total. The largest absolute Gasteiger partial charge is 0.497 e. The van der Waals surface area contributed by atoms with Crippen molar-refractivity contribution >= 4 is 45.9 Å². The van der Waals surface area contributed by atoms with E-state index in [0.717, 1.165) is 11.4 Å². The highest BCUT2D eigenvalue weighted by Crippen LogP contribution is 2.30. The fourth-order valence-electron chi connectivity index (χ4n) is 1.73. The van der Waals surface area contributed by atoms with Crippen LogP contribution in [0.5, 0.6) is 5.75 Å². The fourth-order valence-corrected chi connectivity index (χ4v) is 3.64. The Balaban J connectivity index is 1.89. The molecule has 1 atom stereocenters. The monoisotopic (exact) mass is 381 g/mol. The number of amides is 3. The normalized spacial score (nSPS) is 11.5. The summed E-state index contributed by atoms with van der Waals surface area (Å²) < 4.78 is 5.74. The van der Waals surface area contributed by atoms with Crippen molar-refractivity contribution in [2.24, 2.45) is 0 Å². The number of imide groups is 1. The zero-order chi connectivity index (χ0) is 18.2. The maximum Gasteiger partial charge on any atom is 0.321 e. The van der Waals surface area contributed by atoms with Gasteiger partial charge >= 0.3 is 6.03 Å². The Kier molecular flexibility index (Phi) is 7.02. The van der Waals surface area contributed by atoms with Crippen molar-refractivity contribution < 1.29 is 14.3 Å². The number of urea groups is 1. The second-order valence-corrected chi connectivity index (χ2v) is 7.40. The SMILES string of the molecule is CCNC(=O)NC(=O)[C@@H](C)Sc1nnc(Nc2ccc(OC)cc2)s1. The minimum absolute atomic E-state index is 0.379. The summed E-state index contributed by atoms with van der Waals surface area (Å²) in [6, 6.07) is 6.92. The van der Waals surface area contributed by atoms with Crippen molar-refractivity contribution in [3.8, 4) is 5.75 Å². The Labute approximate surface area is 153 Å². The fraction of sp³-hybridized carbons (Fsp3) is 0.333. The number of ether oxygens (including phenoxy) is 1. The molecule has 1 heterocycles. The van der Waals surface area contributed by atoms with Crippen LogP contribution in [0, 0.1) is 0 Å². The van der Waals surface area contributed by atoms with Crippen LogP contribution in [0.15, 0.2) is 28.6 Å². The summed E-state index contributed by atoms with van der Waals surface area (Å²) >= 11 is 2.57. The molecule has 3 amide bonds. The summed E-state index contributed by atoms with van der Waals surface area (Å²) in [5.74, 6) is 0.391. The van der Waals surface area contributed by atoms with Gasteiger partial charge in [0, 0.05) is 12.2 Å². The molecule has 134 valence electrons. The highest BCUT2D eigenvalue weighted by atomic mass is 32.2. The first-order valence-electron chi connectivity index (χ1n) is 7.51. The first kappa shape index (κ1) is 19.0. The molecule has 3 N–H and O–H groups in total. The van der Waals surface area contributed by atoms with Crippen LogP contribution in [-0.4, -0.2) is 41.0 Å². The van der Waals surface area contributed by atoms with E-state index in [4.69, 9.17) is 4.74 Å². The van der Waals surface area contributed by atoms with E-state index >= 15 is 0 Å². The Hall–Kier alpha value is -2.33. The number of benzene rings is 1. The Morgan fingerprint density at radius 2 is 2.00 bits per heavy atom. The van der Waals surface area contributed by atoms with Crippen molar-refractivity contribution in [3.05, 3.63) is 24.3 Å². The molecular formula is C15H19N5O3S2. The summed E-state index contributed by atoms with van der Waals surface area (Å²) in [5.41, 5.74) is 0.857. The van der Waals surface area contributed by atoms with Crippen molar-refractivity contribution in [2.45, 2.75) is 23.4 Å². The van der Waals surface area contributed by atoms with Gasteiger partial charge in [-0.05, 0) is 38.1 Å². The molecule has 25 heavy (non-hydrogen) atoms. The van der Waals surface area contributed by atoms with Crippen LogP contribution in [0.1, 0.15) is 13.8 Å². The number of thioether (sulfide) groups is 1. The van der Waals surface area contributed by atoms with Crippen LogP contribution in [-0.2, 0) is 4.79 Å². The van der Waals surface area contributed by atoms with Gasteiger partial charge in [0.2, 0.25) is 11.0 Å². The summed E-state index contributed by atoms with van der Waals surface area (Å²) in [4.78, 5) is 23.3. The molecule has 1 aromatic heterocycles. The smallest absolute Gasteiger partial charge is 0.321 e. The number of aromatic nitrogens is 2. The quantitative estimate of drug-likeness (QED) is 0.633. The van der Waals surface area contributed by atoms with Crippen molar-refractivity contribution in [3.63, 3.8) is 0 Å². The molecule has 0 bridgehead atoms. The highest BCUT2D eigenvalue weighted by Gasteiger charge is 2.19. The molecule has 0 aliphatic carbocycles. The number of rotatable bonds is 7. The zero-order valence-electron chi connectivity index (χ0n) is 14.0. The molecule has 2 aromatic rings. The van der Waals surface area contributed by atoms with Gasteiger partial charge in [0.15, 0.2) is 4.34 Å². The van der Waals surface area contributed by atoms with Crippen molar-refractivity contribution in [1.29, 1.82) is 0 Å². The lowest BCUT2D eigenvalue weighted by Gasteiger charge is -2.09. The number of nitrogens with one attached hydrogen (secondary N) is 3. The molecule has 0 fully saturated rings. The molecule has 0 radical (unpaired) electrons. The minimum Gasteiger partial charge on any atom is -0.497 e.